The summed E-state index contributed by atoms with van der Waals surface area (Å²) in [5.74, 6) is -0.0692. The van der Waals surface area contributed by atoms with E-state index in [1.165, 1.54) is 11.8 Å². The first-order chi connectivity index (χ1) is 14.7. The Morgan fingerprint density at radius 3 is 2.40 bits per heavy atom. The zero-order valence-electron chi connectivity index (χ0n) is 15.9. The molecule has 1 amide bonds. The van der Waals surface area contributed by atoms with Gasteiger partial charge in [-0.05, 0) is 17.7 Å². The quantitative estimate of drug-likeness (QED) is 0.253. The van der Waals surface area contributed by atoms with Gasteiger partial charge in [0.1, 0.15) is 11.8 Å². The summed E-state index contributed by atoms with van der Waals surface area (Å²) in [5, 5.41) is 15.1. The molecule has 0 spiro atoms. The molecule has 3 aromatic carbocycles. The summed E-state index contributed by atoms with van der Waals surface area (Å²) < 4.78 is 1.93. The van der Waals surface area contributed by atoms with Crippen molar-refractivity contribution in [3.8, 4) is 0 Å². The number of nitrogens with one attached hydrogen (secondary N) is 1. The topological polar surface area (TPSA) is 74.6 Å². The molecule has 4 rings (SSSR count). The summed E-state index contributed by atoms with van der Waals surface area (Å²) in [5.41, 5.74) is 5.35. The zero-order valence-corrected chi connectivity index (χ0v) is 17.6. The molecule has 0 aliphatic heterocycles. The maximum atomic E-state index is 12.4. The lowest BCUT2D eigenvalue weighted by atomic mass is 9.99. The summed E-state index contributed by atoms with van der Waals surface area (Å²) in [4.78, 5) is 16.9. The van der Waals surface area contributed by atoms with Crippen molar-refractivity contribution >= 4 is 44.9 Å². The Bertz CT molecular complexity index is 1130. The number of rotatable bonds is 7. The molecule has 1 atom stereocenters. The highest BCUT2D eigenvalue weighted by molar-refractivity contribution is 8.01. The van der Waals surface area contributed by atoms with E-state index >= 15 is 0 Å². The molecule has 30 heavy (non-hydrogen) atoms. The standard InChI is InChI=1S/C23H19N3O2S2/c27-20(15-29-23-24-18-13-7-8-14-19(18)30-23)25-26-21(16-9-3-1-4-10-16)22(28)17-11-5-2-6-12-17/h1-14,22,28H,15H2,(H,25,27)/b26-21-. The van der Waals surface area contributed by atoms with Gasteiger partial charge in [0.25, 0.3) is 5.91 Å². The van der Waals surface area contributed by atoms with Gasteiger partial charge in [-0.15, -0.1) is 11.3 Å². The molecule has 0 saturated carbocycles. The van der Waals surface area contributed by atoms with E-state index < -0.39 is 6.10 Å². The first-order valence-corrected chi connectivity index (χ1v) is 11.1. The lowest BCUT2D eigenvalue weighted by molar-refractivity contribution is -0.118. The number of carbonyl (C=O) groups is 1. The Kier molecular flexibility index (Phi) is 6.53. The molecule has 0 fully saturated rings. The minimum atomic E-state index is -0.953. The van der Waals surface area contributed by atoms with Crippen LogP contribution < -0.4 is 5.43 Å². The van der Waals surface area contributed by atoms with E-state index in [2.05, 4.69) is 15.5 Å². The highest BCUT2D eigenvalue weighted by Crippen LogP contribution is 2.29. The van der Waals surface area contributed by atoms with Crippen molar-refractivity contribution in [1.29, 1.82) is 0 Å². The van der Waals surface area contributed by atoms with E-state index in [9.17, 15) is 9.90 Å². The fourth-order valence-corrected chi connectivity index (χ4v) is 4.74. The fraction of sp³-hybridized carbons (Fsp3) is 0.0870. The molecule has 150 valence electrons. The molecule has 7 heteroatoms. The molecule has 5 nitrogen and oxygen atoms in total. The minimum absolute atomic E-state index is 0.187. The summed E-state index contributed by atoms with van der Waals surface area (Å²) in [6.45, 7) is 0. The van der Waals surface area contributed by atoms with Gasteiger partial charge in [0, 0.05) is 5.56 Å². The number of fused-ring (bicyclic) bond motifs is 1. The van der Waals surface area contributed by atoms with E-state index in [-0.39, 0.29) is 11.7 Å². The normalized spacial score (nSPS) is 12.6. The molecule has 0 aliphatic carbocycles. The number of thiazole rings is 1. The van der Waals surface area contributed by atoms with Crippen molar-refractivity contribution in [1.82, 2.24) is 10.4 Å². The molecular formula is C23H19N3O2S2. The molecule has 0 saturated heterocycles. The Morgan fingerprint density at radius 1 is 1.00 bits per heavy atom. The number of hydrazone groups is 1. The van der Waals surface area contributed by atoms with E-state index in [1.54, 1.807) is 11.3 Å². The third-order valence-electron chi connectivity index (χ3n) is 4.35. The van der Waals surface area contributed by atoms with Crippen LogP contribution in [0.2, 0.25) is 0 Å². The number of hydrogen-bond donors (Lipinski definition) is 2. The lowest BCUT2D eigenvalue weighted by Gasteiger charge is -2.14. The van der Waals surface area contributed by atoms with Crippen LogP contribution in [-0.2, 0) is 4.79 Å². The first-order valence-electron chi connectivity index (χ1n) is 9.34. The van der Waals surface area contributed by atoms with Crippen LogP contribution in [0, 0.1) is 0 Å². The van der Waals surface area contributed by atoms with Crippen LogP contribution in [0.4, 0.5) is 0 Å². The van der Waals surface area contributed by atoms with Crippen molar-refractivity contribution in [2.24, 2.45) is 5.10 Å². The molecule has 0 aliphatic rings. The van der Waals surface area contributed by atoms with E-state index in [0.717, 1.165) is 20.1 Å². The Balaban J connectivity index is 1.46. The van der Waals surface area contributed by atoms with Gasteiger partial charge in [0.05, 0.1) is 16.0 Å². The monoisotopic (exact) mass is 433 g/mol. The average molecular weight is 434 g/mol. The van der Waals surface area contributed by atoms with Crippen molar-refractivity contribution in [2.75, 3.05) is 5.75 Å². The third kappa shape index (κ3) is 4.94. The van der Waals surface area contributed by atoms with Crippen molar-refractivity contribution in [3.63, 3.8) is 0 Å². The van der Waals surface area contributed by atoms with Gasteiger partial charge in [-0.3, -0.25) is 4.79 Å². The second-order valence-corrected chi connectivity index (χ2v) is 8.70. The highest BCUT2D eigenvalue weighted by atomic mass is 32.2. The first kappa shape index (κ1) is 20.3. The number of para-hydroxylation sites is 1. The Labute approximate surface area is 182 Å². The maximum absolute atomic E-state index is 12.4. The number of thioether (sulfide) groups is 1. The number of hydrogen-bond acceptors (Lipinski definition) is 6. The van der Waals surface area contributed by atoms with Gasteiger partial charge in [-0.1, -0.05) is 84.6 Å². The van der Waals surface area contributed by atoms with E-state index in [0.29, 0.717) is 11.3 Å². The fourth-order valence-electron chi connectivity index (χ4n) is 2.88. The summed E-state index contributed by atoms with van der Waals surface area (Å²) >= 11 is 2.93. The SMILES string of the molecule is O=C(CSc1nc2ccccc2s1)N/N=C(/c1ccccc1)C(O)c1ccccc1. The van der Waals surface area contributed by atoms with Crippen LogP contribution in [-0.4, -0.2) is 27.5 Å². The predicted molar refractivity (Wildman–Crippen MR) is 123 cm³/mol. The Morgan fingerprint density at radius 2 is 1.67 bits per heavy atom. The second kappa shape index (κ2) is 9.67. The van der Waals surface area contributed by atoms with Gasteiger partial charge in [-0.25, -0.2) is 10.4 Å². The molecular weight excluding hydrogens is 414 g/mol. The summed E-state index contributed by atoms with van der Waals surface area (Å²) in [6, 6.07) is 26.5. The third-order valence-corrected chi connectivity index (χ3v) is 6.53. The molecule has 1 unspecified atom stereocenters. The number of aliphatic hydroxyl groups excluding tert-OH is 1. The number of carbonyl (C=O) groups excluding carboxylic acids is 1. The minimum Gasteiger partial charge on any atom is -0.382 e. The number of benzene rings is 3. The Hall–Kier alpha value is -3.00. The van der Waals surface area contributed by atoms with Crippen molar-refractivity contribution < 1.29 is 9.90 Å². The van der Waals surface area contributed by atoms with Crippen molar-refractivity contribution in [2.45, 2.75) is 10.4 Å². The van der Waals surface area contributed by atoms with Gasteiger partial charge in [0.2, 0.25) is 0 Å². The lowest BCUT2D eigenvalue weighted by Crippen LogP contribution is -2.24. The molecule has 4 aromatic rings. The average Bonchev–Trinajstić information content (AvgIpc) is 3.22. The second-order valence-electron chi connectivity index (χ2n) is 6.45. The largest absolute Gasteiger partial charge is 0.382 e. The van der Waals surface area contributed by atoms with Crippen LogP contribution in [0.5, 0.6) is 0 Å². The van der Waals surface area contributed by atoms with Crippen LogP contribution in [0.25, 0.3) is 10.2 Å². The van der Waals surface area contributed by atoms with Gasteiger partial charge >= 0.3 is 0 Å². The summed E-state index contributed by atoms with van der Waals surface area (Å²) in [7, 11) is 0. The summed E-state index contributed by atoms with van der Waals surface area (Å²) in [6.07, 6.45) is -0.953. The van der Waals surface area contributed by atoms with Crippen LogP contribution in [0.1, 0.15) is 17.2 Å². The molecule has 1 aromatic heterocycles. The van der Waals surface area contributed by atoms with Crippen molar-refractivity contribution in [3.05, 3.63) is 96.1 Å². The molecule has 1 heterocycles. The molecule has 0 radical (unpaired) electrons. The number of amides is 1. The van der Waals surface area contributed by atoms with Crippen LogP contribution >= 0.6 is 23.1 Å². The number of aromatic nitrogens is 1. The van der Waals surface area contributed by atoms with Gasteiger partial charge in [0.15, 0.2) is 4.34 Å². The van der Waals surface area contributed by atoms with Gasteiger partial charge in [-0.2, -0.15) is 5.10 Å². The molecule has 2 N–H and O–H groups in total. The number of nitrogens with zero attached hydrogens (tertiary/aromatic N) is 2. The van der Waals surface area contributed by atoms with Gasteiger partial charge < -0.3 is 5.11 Å². The van der Waals surface area contributed by atoms with Crippen LogP contribution in [0.15, 0.2) is 94.4 Å². The maximum Gasteiger partial charge on any atom is 0.250 e. The number of aliphatic hydroxyl groups is 1. The highest BCUT2D eigenvalue weighted by Gasteiger charge is 2.18. The predicted octanol–water partition coefficient (Wildman–Crippen LogP) is 4.64. The zero-order chi connectivity index (χ0) is 20.8. The van der Waals surface area contributed by atoms with E-state index in [4.69, 9.17) is 0 Å². The van der Waals surface area contributed by atoms with Crippen LogP contribution in [0.3, 0.4) is 0 Å². The molecule has 0 bridgehead atoms. The smallest absolute Gasteiger partial charge is 0.250 e. The van der Waals surface area contributed by atoms with E-state index in [1.807, 2.05) is 84.9 Å².